The number of hydrogen-bond acceptors (Lipinski definition) is 2. The molecule has 1 fully saturated rings. The molecule has 0 heterocycles. The van der Waals surface area contributed by atoms with Gasteiger partial charge in [-0.25, -0.2) is 4.39 Å². The zero-order chi connectivity index (χ0) is 15.2. The Morgan fingerprint density at radius 2 is 1.95 bits per heavy atom. The van der Waals surface area contributed by atoms with Crippen LogP contribution in [0.25, 0.3) is 0 Å². The minimum absolute atomic E-state index is 0.0100. The SMILES string of the molecule is FC1=CC=C(SNC2CCCCCC2C2C=CC=CC2)CC1. The lowest BCUT2D eigenvalue weighted by Gasteiger charge is -2.32. The summed E-state index contributed by atoms with van der Waals surface area (Å²) in [7, 11) is 0. The summed E-state index contributed by atoms with van der Waals surface area (Å²) in [6.45, 7) is 0. The van der Waals surface area contributed by atoms with Gasteiger partial charge in [0.15, 0.2) is 0 Å². The molecule has 0 radical (unpaired) electrons. The summed E-state index contributed by atoms with van der Waals surface area (Å²) in [4.78, 5) is 1.27. The molecule has 1 N–H and O–H groups in total. The van der Waals surface area contributed by atoms with Crippen molar-refractivity contribution in [1.29, 1.82) is 0 Å². The second-order valence-electron chi connectivity index (χ2n) is 6.59. The minimum atomic E-state index is 0.0100. The minimum Gasteiger partial charge on any atom is -0.257 e. The Hall–Kier alpha value is -0.800. The summed E-state index contributed by atoms with van der Waals surface area (Å²) in [5, 5.41) is 0. The van der Waals surface area contributed by atoms with Crippen LogP contribution in [0.4, 0.5) is 4.39 Å². The van der Waals surface area contributed by atoms with Gasteiger partial charge < -0.3 is 0 Å². The molecular formula is C19H26FNS. The zero-order valence-corrected chi connectivity index (χ0v) is 14.0. The van der Waals surface area contributed by atoms with Crippen LogP contribution in [0, 0.1) is 11.8 Å². The standard InChI is InChI=1S/C19H26FNS/c20-16-11-13-17(14-12-16)22-21-19-10-6-2-5-9-18(19)15-7-3-1-4-8-15/h1,3-4,7,11,13,15,18-19,21H,2,5-6,8-10,12,14H2. The molecule has 22 heavy (non-hydrogen) atoms. The van der Waals surface area contributed by atoms with E-state index in [1.807, 2.05) is 6.08 Å². The largest absolute Gasteiger partial charge is 0.257 e. The Bertz CT molecular complexity index is 492. The summed E-state index contributed by atoms with van der Waals surface area (Å²) in [6, 6.07) is 0.574. The van der Waals surface area contributed by atoms with Crippen molar-refractivity contribution < 1.29 is 4.39 Å². The first-order chi connectivity index (χ1) is 10.8. The van der Waals surface area contributed by atoms with E-state index in [1.54, 1.807) is 18.0 Å². The summed E-state index contributed by atoms with van der Waals surface area (Å²) >= 11 is 1.74. The average Bonchev–Trinajstić information content (AvgIpc) is 2.81. The Labute approximate surface area is 138 Å². The lowest BCUT2D eigenvalue weighted by molar-refractivity contribution is 0.297. The molecule has 3 aliphatic rings. The maximum atomic E-state index is 13.1. The van der Waals surface area contributed by atoms with E-state index in [-0.39, 0.29) is 5.83 Å². The van der Waals surface area contributed by atoms with E-state index in [4.69, 9.17) is 0 Å². The molecule has 120 valence electrons. The van der Waals surface area contributed by atoms with E-state index in [1.165, 1.54) is 43.4 Å². The molecule has 0 aromatic carbocycles. The van der Waals surface area contributed by atoms with Crippen LogP contribution in [0.15, 0.2) is 47.2 Å². The van der Waals surface area contributed by atoms with E-state index in [0.717, 1.165) is 12.3 Å². The van der Waals surface area contributed by atoms with Gasteiger partial charge in [-0.1, -0.05) is 43.6 Å². The van der Waals surface area contributed by atoms with Crippen LogP contribution in [0.1, 0.15) is 51.4 Å². The fraction of sp³-hybridized carbons (Fsp3) is 0.579. The fourth-order valence-electron chi connectivity index (χ4n) is 3.74. The molecule has 3 atom stereocenters. The Morgan fingerprint density at radius 3 is 2.73 bits per heavy atom. The normalized spacial score (nSPS) is 32.3. The number of hydrogen-bond donors (Lipinski definition) is 1. The first kappa shape index (κ1) is 16.1. The van der Waals surface area contributed by atoms with Crippen molar-refractivity contribution in [3.05, 3.63) is 47.2 Å². The molecule has 0 bridgehead atoms. The van der Waals surface area contributed by atoms with Crippen LogP contribution in [-0.2, 0) is 0 Å². The number of halogens is 1. The predicted octanol–water partition coefficient (Wildman–Crippen LogP) is 5.84. The van der Waals surface area contributed by atoms with E-state index in [2.05, 4.69) is 29.0 Å². The van der Waals surface area contributed by atoms with E-state index < -0.39 is 0 Å². The van der Waals surface area contributed by atoms with Gasteiger partial charge in [-0.2, -0.15) is 0 Å². The lowest BCUT2D eigenvalue weighted by atomic mass is 9.80. The third-order valence-electron chi connectivity index (χ3n) is 5.03. The van der Waals surface area contributed by atoms with E-state index >= 15 is 0 Å². The molecule has 1 nitrogen and oxygen atoms in total. The van der Waals surface area contributed by atoms with Gasteiger partial charge >= 0.3 is 0 Å². The molecular weight excluding hydrogens is 293 g/mol. The zero-order valence-electron chi connectivity index (χ0n) is 13.1. The highest BCUT2D eigenvalue weighted by molar-refractivity contribution is 8.01. The summed E-state index contributed by atoms with van der Waals surface area (Å²) in [5.74, 6) is 1.42. The van der Waals surface area contributed by atoms with Crippen LogP contribution in [0.3, 0.4) is 0 Å². The van der Waals surface area contributed by atoms with Gasteiger partial charge in [0.25, 0.3) is 0 Å². The van der Waals surface area contributed by atoms with Crippen LogP contribution < -0.4 is 4.72 Å². The second kappa shape index (κ2) is 8.16. The number of rotatable bonds is 4. The summed E-state index contributed by atoms with van der Waals surface area (Å²) in [5.41, 5.74) is 0. The molecule has 0 aromatic heterocycles. The Kier molecular flexibility index (Phi) is 5.96. The number of allylic oxidation sites excluding steroid dienone is 8. The van der Waals surface area contributed by atoms with Crippen LogP contribution >= 0.6 is 11.9 Å². The van der Waals surface area contributed by atoms with E-state index in [0.29, 0.717) is 18.4 Å². The van der Waals surface area contributed by atoms with Crippen LogP contribution in [-0.4, -0.2) is 6.04 Å². The number of nitrogens with one attached hydrogen (secondary N) is 1. The van der Waals surface area contributed by atoms with Gasteiger partial charge in [0.2, 0.25) is 0 Å². The first-order valence-electron chi connectivity index (χ1n) is 8.64. The maximum Gasteiger partial charge on any atom is 0.100 e. The lowest BCUT2D eigenvalue weighted by Crippen LogP contribution is -2.35. The van der Waals surface area contributed by atoms with Crippen molar-refractivity contribution in [2.24, 2.45) is 11.8 Å². The molecule has 0 aromatic rings. The van der Waals surface area contributed by atoms with Crippen LogP contribution in [0.2, 0.25) is 0 Å². The van der Waals surface area contributed by atoms with Crippen molar-refractivity contribution in [3.63, 3.8) is 0 Å². The van der Waals surface area contributed by atoms with E-state index in [9.17, 15) is 4.39 Å². The summed E-state index contributed by atoms with van der Waals surface area (Å²) in [6.07, 6.45) is 21.9. The highest BCUT2D eigenvalue weighted by Crippen LogP contribution is 2.35. The molecule has 0 amide bonds. The van der Waals surface area contributed by atoms with Crippen molar-refractivity contribution in [2.45, 2.75) is 57.4 Å². The van der Waals surface area contributed by atoms with Gasteiger partial charge in [0.1, 0.15) is 5.83 Å². The quantitative estimate of drug-likeness (QED) is 0.516. The molecule has 3 heteroatoms. The summed E-state index contributed by atoms with van der Waals surface area (Å²) < 4.78 is 16.8. The monoisotopic (exact) mass is 319 g/mol. The van der Waals surface area contributed by atoms with Crippen molar-refractivity contribution in [2.75, 3.05) is 0 Å². The maximum absolute atomic E-state index is 13.1. The molecule has 3 aliphatic carbocycles. The Morgan fingerprint density at radius 1 is 1.05 bits per heavy atom. The molecule has 3 rings (SSSR count). The molecule has 0 aliphatic heterocycles. The second-order valence-corrected chi connectivity index (χ2v) is 7.55. The van der Waals surface area contributed by atoms with Crippen LogP contribution in [0.5, 0.6) is 0 Å². The van der Waals surface area contributed by atoms with Crippen molar-refractivity contribution in [1.82, 2.24) is 4.72 Å². The van der Waals surface area contributed by atoms with Gasteiger partial charge in [0, 0.05) is 17.4 Å². The smallest absolute Gasteiger partial charge is 0.100 e. The molecule has 1 saturated carbocycles. The topological polar surface area (TPSA) is 12.0 Å². The molecule has 0 saturated heterocycles. The van der Waals surface area contributed by atoms with Gasteiger partial charge in [-0.15, -0.1) is 0 Å². The van der Waals surface area contributed by atoms with Gasteiger partial charge in [0.05, 0.1) is 0 Å². The van der Waals surface area contributed by atoms with Crippen molar-refractivity contribution in [3.8, 4) is 0 Å². The predicted molar refractivity (Wildman–Crippen MR) is 94.0 cm³/mol. The fourth-order valence-corrected chi connectivity index (χ4v) is 4.68. The van der Waals surface area contributed by atoms with Crippen molar-refractivity contribution >= 4 is 11.9 Å². The highest BCUT2D eigenvalue weighted by atomic mass is 32.2. The Balaban J connectivity index is 1.60. The first-order valence-corrected chi connectivity index (χ1v) is 9.45. The molecule has 3 unspecified atom stereocenters. The third-order valence-corrected chi connectivity index (χ3v) is 6.06. The van der Waals surface area contributed by atoms with Gasteiger partial charge in [-0.05, 0) is 61.6 Å². The highest BCUT2D eigenvalue weighted by Gasteiger charge is 2.29. The third kappa shape index (κ3) is 4.36. The van der Waals surface area contributed by atoms with Gasteiger partial charge in [-0.3, -0.25) is 4.72 Å². The average molecular weight is 319 g/mol. The molecule has 0 spiro atoms.